The first-order valence-electron chi connectivity index (χ1n) is 6.40. The lowest BCUT2D eigenvalue weighted by Crippen LogP contribution is -2.44. The second-order valence-electron chi connectivity index (χ2n) is 4.78. The average Bonchev–Trinajstić information content (AvgIpc) is 2.97. The second-order valence-corrected chi connectivity index (χ2v) is 7.85. The average molecular weight is 332 g/mol. The Morgan fingerprint density at radius 2 is 2.19 bits per heavy atom. The lowest BCUT2D eigenvalue weighted by atomic mass is 9.99. The van der Waals surface area contributed by atoms with Crippen molar-refractivity contribution >= 4 is 33.2 Å². The number of nitrogens with one attached hydrogen (secondary N) is 1. The van der Waals surface area contributed by atoms with Gasteiger partial charge in [0.25, 0.3) is 10.0 Å². The third kappa shape index (κ3) is 3.25. The fourth-order valence-electron chi connectivity index (χ4n) is 2.27. The van der Waals surface area contributed by atoms with Crippen LogP contribution in [0, 0.1) is 5.92 Å². The van der Waals surface area contributed by atoms with E-state index in [1.807, 2.05) is 0 Å². The minimum absolute atomic E-state index is 0.00235. The first kappa shape index (κ1) is 15.9. The fourth-order valence-corrected chi connectivity index (χ4v) is 5.10. The molecule has 1 saturated heterocycles. The van der Waals surface area contributed by atoms with Gasteiger partial charge in [-0.15, -0.1) is 11.3 Å². The van der Waals surface area contributed by atoms with E-state index in [1.54, 1.807) is 0 Å². The normalized spacial score (nSPS) is 20.1. The molecule has 2 heterocycles. The lowest BCUT2D eigenvalue weighted by molar-refractivity contribution is -0.125. The molecule has 1 amide bonds. The van der Waals surface area contributed by atoms with Crippen LogP contribution >= 0.6 is 11.3 Å². The maximum absolute atomic E-state index is 12.5. The standard InChI is InChI=1S/C12H16N2O5S2/c1-13-11(15)8-3-2-4-14(6-8)21(18,19)10-5-9(7-20-10)12(16)17/h5,7-8H,2-4,6H2,1H3,(H,13,15)(H,16,17). The smallest absolute Gasteiger partial charge is 0.336 e. The van der Waals surface area contributed by atoms with Gasteiger partial charge in [0.1, 0.15) is 4.21 Å². The van der Waals surface area contributed by atoms with Crippen LogP contribution in [-0.2, 0) is 14.8 Å². The summed E-state index contributed by atoms with van der Waals surface area (Å²) in [4.78, 5) is 22.5. The van der Waals surface area contributed by atoms with E-state index in [9.17, 15) is 18.0 Å². The Hall–Kier alpha value is -1.45. The molecule has 7 nitrogen and oxygen atoms in total. The highest BCUT2D eigenvalue weighted by Crippen LogP contribution is 2.28. The van der Waals surface area contributed by atoms with Gasteiger partial charge in [0, 0.05) is 25.5 Å². The van der Waals surface area contributed by atoms with Crippen LogP contribution in [-0.4, -0.2) is 49.8 Å². The Bertz CT molecular complexity index is 652. The minimum atomic E-state index is -3.74. The summed E-state index contributed by atoms with van der Waals surface area (Å²) in [5, 5.41) is 12.7. The third-order valence-electron chi connectivity index (χ3n) is 3.42. The van der Waals surface area contributed by atoms with Gasteiger partial charge in [-0.25, -0.2) is 13.2 Å². The fraction of sp³-hybridized carbons (Fsp3) is 0.500. The maximum atomic E-state index is 12.5. The van der Waals surface area contributed by atoms with Crippen LogP contribution in [0.5, 0.6) is 0 Å². The summed E-state index contributed by atoms with van der Waals surface area (Å²) in [5.74, 6) is -1.70. The predicted octanol–water partition coefficient (Wildman–Crippen LogP) is 0.593. The number of carbonyl (C=O) groups excluding carboxylic acids is 1. The van der Waals surface area contributed by atoms with Crippen molar-refractivity contribution in [2.45, 2.75) is 17.1 Å². The molecule has 1 aliphatic rings. The third-order valence-corrected chi connectivity index (χ3v) is 6.70. The van der Waals surface area contributed by atoms with Crippen molar-refractivity contribution in [3.05, 3.63) is 17.0 Å². The van der Waals surface area contributed by atoms with Crippen molar-refractivity contribution < 1.29 is 23.1 Å². The van der Waals surface area contributed by atoms with Gasteiger partial charge in [0.15, 0.2) is 0 Å². The van der Waals surface area contributed by atoms with Crippen LogP contribution in [0.15, 0.2) is 15.7 Å². The Labute approximate surface area is 126 Å². The van der Waals surface area contributed by atoms with E-state index < -0.39 is 16.0 Å². The molecule has 1 aromatic heterocycles. The summed E-state index contributed by atoms with van der Waals surface area (Å²) in [5.41, 5.74) is -0.0431. The largest absolute Gasteiger partial charge is 0.478 e. The molecule has 0 aromatic carbocycles. The highest BCUT2D eigenvalue weighted by molar-refractivity contribution is 7.91. The van der Waals surface area contributed by atoms with E-state index in [0.717, 1.165) is 17.4 Å². The lowest BCUT2D eigenvalue weighted by Gasteiger charge is -2.30. The van der Waals surface area contributed by atoms with Gasteiger partial charge >= 0.3 is 5.97 Å². The number of aromatic carboxylic acids is 1. The molecule has 1 atom stereocenters. The summed E-state index contributed by atoms with van der Waals surface area (Å²) in [7, 11) is -2.22. The molecule has 1 fully saturated rings. The quantitative estimate of drug-likeness (QED) is 0.840. The highest BCUT2D eigenvalue weighted by Gasteiger charge is 2.34. The van der Waals surface area contributed by atoms with Crippen molar-refractivity contribution in [3.63, 3.8) is 0 Å². The molecule has 0 saturated carbocycles. The Balaban J connectivity index is 2.22. The van der Waals surface area contributed by atoms with E-state index >= 15 is 0 Å². The topological polar surface area (TPSA) is 104 Å². The van der Waals surface area contributed by atoms with Gasteiger partial charge in [-0.1, -0.05) is 0 Å². The molecule has 2 N–H and O–H groups in total. The van der Waals surface area contributed by atoms with E-state index in [0.29, 0.717) is 19.4 Å². The summed E-state index contributed by atoms with van der Waals surface area (Å²) in [6.45, 7) is 0.471. The van der Waals surface area contributed by atoms with Crippen molar-refractivity contribution in [2.24, 2.45) is 5.92 Å². The number of carbonyl (C=O) groups is 2. The molecule has 0 radical (unpaired) electrons. The number of piperidine rings is 1. The number of carboxylic acid groups (broad SMARTS) is 1. The number of sulfonamides is 1. The Kier molecular flexibility index (Phi) is 4.64. The van der Waals surface area contributed by atoms with E-state index in [2.05, 4.69) is 5.32 Å². The van der Waals surface area contributed by atoms with Crippen LogP contribution in [0.4, 0.5) is 0 Å². The van der Waals surface area contributed by atoms with E-state index in [4.69, 9.17) is 5.11 Å². The number of carboxylic acids is 1. The summed E-state index contributed by atoms with van der Waals surface area (Å²) < 4.78 is 26.2. The van der Waals surface area contributed by atoms with Gasteiger partial charge in [0.05, 0.1) is 11.5 Å². The zero-order valence-corrected chi connectivity index (χ0v) is 13.0. The van der Waals surface area contributed by atoms with Crippen LogP contribution in [0.1, 0.15) is 23.2 Å². The van der Waals surface area contributed by atoms with Crippen LogP contribution in [0.3, 0.4) is 0 Å². The molecule has 21 heavy (non-hydrogen) atoms. The van der Waals surface area contributed by atoms with Crippen LogP contribution < -0.4 is 5.32 Å². The predicted molar refractivity (Wildman–Crippen MR) is 76.8 cm³/mol. The number of nitrogens with zero attached hydrogens (tertiary/aromatic N) is 1. The van der Waals surface area contributed by atoms with Crippen molar-refractivity contribution in [2.75, 3.05) is 20.1 Å². The molecule has 1 aromatic rings. The Morgan fingerprint density at radius 3 is 2.76 bits per heavy atom. The van der Waals surface area contributed by atoms with E-state index in [-0.39, 0.29) is 28.1 Å². The van der Waals surface area contributed by atoms with Gasteiger partial charge in [-0.2, -0.15) is 4.31 Å². The molecule has 116 valence electrons. The van der Waals surface area contributed by atoms with Gasteiger partial charge in [-0.3, -0.25) is 4.79 Å². The molecule has 0 bridgehead atoms. The number of thiophene rings is 1. The summed E-state index contributed by atoms with van der Waals surface area (Å²) >= 11 is 0.883. The SMILES string of the molecule is CNC(=O)C1CCCN(S(=O)(=O)c2cc(C(=O)O)cs2)C1. The van der Waals surface area contributed by atoms with Gasteiger partial charge in [-0.05, 0) is 18.9 Å². The monoisotopic (exact) mass is 332 g/mol. The van der Waals surface area contributed by atoms with Crippen molar-refractivity contribution in [3.8, 4) is 0 Å². The molecule has 2 rings (SSSR count). The molecule has 1 unspecified atom stereocenters. The number of hydrogen-bond donors (Lipinski definition) is 2. The van der Waals surface area contributed by atoms with Gasteiger partial charge < -0.3 is 10.4 Å². The van der Waals surface area contributed by atoms with Crippen molar-refractivity contribution in [1.82, 2.24) is 9.62 Å². The maximum Gasteiger partial charge on any atom is 0.336 e. The summed E-state index contributed by atoms with van der Waals surface area (Å²) in [6, 6.07) is 1.16. The molecule has 9 heteroatoms. The van der Waals surface area contributed by atoms with Gasteiger partial charge in [0.2, 0.25) is 5.91 Å². The molecule has 0 aliphatic carbocycles. The first-order chi connectivity index (χ1) is 9.86. The highest BCUT2D eigenvalue weighted by atomic mass is 32.2. The van der Waals surface area contributed by atoms with Crippen LogP contribution in [0.25, 0.3) is 0 Å². The second kappa shape index (κ2) is 6.12. The first-order valence-corrected chi connectivity index (χ1v) is 8.72. The Morgan fingerprint density at radius 1 is 1.48 bits per heavy atom. The number of amides is 1. The summed E-state index contributed by atoms with van der Waals surface area (Å²) in [6.07, 6.45) is 1.25. The molecular weight excluding hydrogens is 316 g/mol. The molecule has 0 spiro atoms. The molecule has 1 aliphatic heterocycles. The minimum Gasteiger partial charge on any atom is -0.478 e. The zero-order valence-electron chi connectivity index (χ0n) is 11.4. The number of rotatable bonds is 4. The van der Waals surface area contributed by atoms with Crippen molar-refractivity contribution in [1.29, 1.82) is 0 Å². The van der Waals surface area contributed by atoms with Crippen LogP contribution in [0.2, 0.25) is 0 Å². The van der Waals surface area contributed by atoms with E-state index in [1.165, 1.54) is 16.7 Å². The molecular formula is C12H16N2O5S2. The zero-order chi connectivity index (χ0) is 15.6. The number of hydrogen-bond acceptors (Lipinski definition) is 5.